The van der Waals surface area contributed by atoms with Crippen LogP contribution >= 0.6 is 11.8 Å². The molecule has 8 heteroatoms. The molecule has 1 fully saturated rings. The molecule has 4 rings (SSSR count). The van der Waals surface area contributed by atoms with Crippen molar-refractivity contribution < 1.29 is 4.79 Å². The number of likely N-dealkylation sites (tertiary alicyclic amines) is 1. The number of carbonyl (C=O) groups excluding carboxylic acids is 1. The van der Waals surface area contributed by atoms with Crippen molar-refractivity contribution in [3.63, 3.8) is 0 Å². The van der Waals surface area contributed by atoms with Crippen molar-refractivity contribution in [2.24, 2.45) is 0 Å². The van der Waals surface area contributed by atoms with E-state index in [0.717, 1.165) is 35.0 Å². The maximum Gasteiger partial charge on any atom is 0.256 e. The molecule has 3 aromatic rings. The van der Waals surface area contributed by atoms with Crippen LogP contribution in [0.1, 0.15) is 40.5 Å². The Hall–Kier alpha value is -3.15. The predicted molar refractivity (Wildman–Crippen MR) is 124 cm³/mol. The number of hydrogen-bond acceptors (Lipinski definition) is 6. The zero-order valence-electron chi connectivity index (χ0n) is 18.1. The van der Waals surface area contributed by atoms with Gasteiger partial charge in [-0.05, 0) is 42.0 Å². The van der Waals surface area contributed by atoms with Crippen LogP contribution in [0.3, 0.4) is 0 Å². The third-order valence-corrected chi connectivity index (χ3v) is 6.45. The van der Waals surface area contributed by atoms with Gasteiger partial charge in [-0.2, -0.15) is 5.26 Å². The summed E-state index contributed by atoms with van der Waals surface area (Å²) in [4.78, 5) is 23.6. The number of carbonyl (C=O) groups is 1. The average molecular weight is 447 g/mol. The molecule has 1 N–H and O–H groups in total. The number of benzene rings is 1. The van der Waals surface area contributed by atoms with Crippen LogP contribution < -0.4 is 5.32 Å². The van der Waals surface area contributed by atoms with E-state index in [1.807, 2.05) is 53.8 Å². The van der Waals surface area contributed by atoms with Crippen molar-refractivity contribution in [1.82, 2.24) is 24.8 Å². The molecule has 0 saturated carbocycles. The Morgan fingerprint density at radius 2 is 2.16 bits per heavy atom. The molecule has 0 unspecified atom stereocenters. The molecule has 1 amide bonds. The lowest BCUT2D eigenvalue weighted by atomic mass is 10.1. The van der Waals surface area contributed by atoms with Crippen molar-refractivity contribution in [2.75, 3.05) is 18.8 Å². The van der Waals surface area contributed by atoms with Crippen molar-refractivity contribution in [1.29, 1.82) is 5.26 Å². The number of aromatic nitrogens is 3. The Kier molecular flexibility index (Phi) is 7.20. The maximum absolute atomic E-state index is 13.0. The number of hydrogen-bond donors (Lipinski definition) is 1. The summed E-state index contributed by atoms with van der Waals surface area (Å²) in [6.07, 6.45) is 6.36. The summed E-state index contributed by atoms with van der Waals surface area (Å²) in [5.41, 5.74) is 3.57. The zero-order chi connectivity index (χ0) is 22.3. The minimum Gasteiger partial charge on any atom is -0.337 e. The fourth-order valence-electron chi connectivity index (χ4n) is 3.86. The molecule has 1 aliphatic rings. The van der Waals surface area contributed by atoms with Gasteiger partial charge < -0.3 is 14.8 Å². The number of nitriles is 1. The summed E-state index contributed by atoms with van der Waals surface area (Å²) in [5.74, 6) is 0.946. The third kappa shape index (κ3) is 5.18. The highest BCUT2D eigenvalue weighted by Gasteiger charge is 2.28. The van der Waals surface area contributed by atoms with E-state index in [0.29, 0.717) is 30.8 Å². The molecule has 1 aromatic carbocycles. The van der Waals surface area contributed by atoms with Crippen LogP contribution in [0.5, 0.6) is 0 Å². The Morgan fingerprint density at radius 1 is 1.31 bits per heavy atom. The van der Waals surface area contributed by atoms with Gasteiger partial charge in [-0.15, -0.1) is 11.8 Å². The first-order valence-electron chi connectivity index (χ1n) is 10.8. The first-order chi connectivity index (χ1) is 15.7. The van der Waals surface area contributed by atoms with E-state index >= 15 is 0 Å². The van der Waals surface area contributed by atoms with Crippen LogP contribution in [0.2, 0.25) is 0 Å². The van der Waals surface area contributed by atoms with Crippen LogP contribution in [-0.2, 0) is 13.1 Å². The van der Waals surface area contributed by atoms with Gasteiger partial charge >= 0.3 is 0 Å². The largest absolute Gasteiger partial charge is 0.337 e. The van der Waals surface area contributed by atoms with Gasteiger partial charge in [0.15, 0.2) is 0 Å². The Balaban J connectivity index is 1.33. The highest BCUT2D eigenvalue weighted by molar-refractivity contribution is 7.99. The van der Waals surface area contributed by atoms with Crippen molar-refractivity contribution in [3.05, 3.63) is 77.5 Å². The molecular weight excluding hydrogens is 420 g/mol. The predicted octanol–water partition coefficient (Wildman–Crippen LogP) is 3.31. The molecule has 164 valence electrons. The molecular formula is C24H26N6OS. The van der Waals surface area contributed by atoms with Gasteiger partial charge in [-0.25, -0.2) is 9.97 Å². The first-order valence-corrected chi connectivity index (χ1v) is 11.7. The number of imidazole rings is 1. The summed E-state index contributed by atoms with van der Waals surface area (Å²) in [6, 6.07) is 13.7. The van der Waals surface area contributed by atoms with Gasteiger partial charge in [-0.1, -0.05) is 19.1 Å². The maximum atomic E-state index is 13.0. The van der Waals surface area contributed by atoms with Crippen molar-refractivity contribution in [3.8, 4) is 6.07 Å². The second-order valence-electron chi connectivity index (χ2n) is 7.73. The number of nitrogens with zero attached hydrogens (tertiary/aromatic N) is 5. The molecule has 1 saturated heterocycles. The third-order valence-electron chi connectivity index (χ3n) is 5.56. The molecule has 1 atom stereocenters. The van der Waals surface area contributed by atoms with Gasteiger partial charge in [0.1, 0.15) is 5.03 Å². The molecule has 32 heavy (non-hydrogen) atoms. The van der Waals surface area contributed by atoms with E-state index in [-0.39, 0.29) is 11.9 Å². The van der Waals surface area contributed by atoms with E-state index in [9.17, 15) is 4.79 Å². The van der Waals surface area contributed by atoms with Crippen molar-refractivity contribution in [2.45, 2.75) is 37.5 Å². The molecule has 0 aliphatic carbocycles. The lowest BCUT2D eigenvalue weighted by Crippen LogP contribution is -2.35. The zero-order valence-corrected chi connectivity index (χ0v) is 18.9. The lowest BCUT2D eigenvalue weighted by Gasteiger charge is -2.18. The van der Waals surface area contributed by atoms with Gasteiger partial charge in [0.05, 0.1) is 29.2 Å². The van der Waals surface area contributed by atoms with Gasteiger partial charge in [-0.3, -0.25) is 4.79 Å². The highest BCUT2D eigenvalue weighted by Crippen LogP contribution is 2.23. The molecule has 0 bridgehead atoms. The van der Waals surface area contributed by atoms with E-state index in [2.05, 4.69) is 32.8 Å². The first kappa shape index (κ1) is 22.1. The normalized spacial score (nSPS) is 15.6. The van der Waals surface area contributed by atoms with E-state index in [4.69, 9.17) is 5.26 Å². The number of nitrogens with one attached hydrogen (secondary N) is 1. The average Bonchev–Trinajstić information content (AvgIpc) is 3.48. The topological polar surface area (TPSA) is 86.8 Å². The SMILES string of the molecule is CCSc1ncccc1C(=O)N1CC[C@H](NCc2cncn2Cc2ccc(C#N)cc2)C1. The second-order valence-corrected chi connectivity index (χ2v) is 8.98. The van der Waals surface area contributed by atoms with E-state index in [1.54, 1.807) is 18.0 Å². The quantitative estimate of drug-likeness (QED) is 0.534. The molecule has 1 aliphatic heterocycles. The monoisotopic (exact) mass is 446 g/mol. The Labute approximate surface area is 192 Å². The Morgan fingerprint density at radius 3 is 2.94 bits per heavy atom. The molecule has 7 nitrogen and oxygen atoms in total. The fraction of sp³-hybridized carbons (Fsp3) is 0.333. The van der Waals surface area contributed by atoms with Crippen LogP contribution in [0.15, 0.2) is 60.1 Å². The highest BCUT2D eigenvalue weighted by atomic mass is 32.2. The lowest BCUT2D eigenvalue weighted by molar-refractivity contribution is 0.0785. The summed E-state index contributed by atoms with van der Waals surface area (Å²) in [6.45, 7) is 4.89. The van der Waals surface area contributed by atoms with E-state index < -0.39 is 0 Å². The van der Waals surface area contributed by atoms with Gasteiger partial charge in [0.2, 0.25) is 0 Å². The fourth-order valence-corrected chi connectivity index (χ4v) is 4.57. The minimum absolute atomic E-state index is 0.0595. The van der Waals surface area contributed by atoms with Crippen molar-refractivity contribution >= 4 is 17.7 Å². The molecule has 0 spiro atoms. The minimum atomic E-state index is 0.0595. The van der Waals surface area contributed by atoms with Gasteiger partial charge in [0, 0.05) is 44.6 Å². The summed E-state index contributed by atoms with van der Waals surface area (Å²) in [7, 11) is 0. The van der Waals surface area contributed by atoms with Crippen LogP contribution in [0, 0.1) is 11.3 Å². The van der Waals surface area contributed by atoms with E-state index in [1.165, 1.54) is 0 Å². The number of thioether (sulfide) groups is 1. The molecule has 2 aromatic heterocycles. The molecule has 3 heterocycles. The smallest absolute Gasteiger partial charge is 0.256 e. The number of rotatable bonds is 8. The number of pyridine rings is 1. The standard InChI is InChI=1S/C24H26N6OS/c1-2-32-23-22(4-3-10-27-23)24(31)29-11-9-20(16-29)28-14-21-13-26-17-30(21)15-19-7-5-18(12-25)6-8-19/h3-8,10,13,17,20,28H,2,9,11,14-16H2,1H3/t20-/m0/s1. The summed E-state index contributed by atoms with van der Waals surface area (Å²) >= 11 is 1.60. The van der Waals surface area contributed by atoms with Crippen LogP contribution in [-0.4, -0.2) is 50.2 Å². The second kappa shape index (κ2) is 10.4. The summed E-state index contributed by atoms with van der Waals surface area (Å²) < 4.78 is 2.11. The Bertz CT molecular complexity index is 1100. The van der Waals surface area contributed by atoms with Gasteiger partial charge in [0.25, 0.3) is 5.91 Å². The number of amides is 1. The summed E-state index contributed by atoms with van der Waals surface area (Å²) in [5, 5.41) is 13.4. The van der Waals surface area contributed by atoms with Crippen LogP contribution in [0.25, 0.3) is 0 Å². The van der Waals surface area contributed by atoms with Crippen LogP contribution in [0.4, 0.5) is 0 Å². The molecule has 0 radical (unpaired) electrons.